The number of ether oxygens (including phenoxy) is 1. The van der Waals surface area contributed by atoms with Crippen LogP contribution in [0.4, 0.5) is 23.1 Å². The number of methoxy groups -OCH3 is 1. The Bertz CT molecular complexity index is 1180. The highest BCUT2D eigenvalue weighted by molar-refractivity contribution is 6.14. The van der Waals surface area contributed by atoms with Gasteiger partial charge in [0.15, 0.2) is 0 Å². The van der Waals surface area contributed by atoms with Crippen molar-refractivity contribution in [1.82, 2.24) is 20.6 Å². The Kier molecular flexibility index (Phi) is 5.91. The quantitative estimate of drug-likeness (QED) is 0.545. The number of carbonyl (C=O) groups is 2. The number of benzene rings is 1. The maximum Gasteiger partial charge on any atom is 0.244 e. The molecule has 4 heterocycles. The van der Waals surface area contributed by atoms with Gasteiger partial charge in [0.1, 0.15) is 17.0 Å². The van der Waals surface area contributed by atoms with Gasteiger partial charge in [0.2, 0.25) is 17.8 Å². The zero-order chi connectivity index (χ0) is 24.7. The molecule has 1 aromatic heterocycles. The maximum atomic E-state index is 13.8. The summed E-state index contributed by atoms with van der Waals surface area (Å²) in [5.74, 6) is 1.46. The molecule has 2 amide bonds. The summed E-state index contributed by atoms with van der Waals surface area (Å²) >= 11 is 0. The SMILES string of the molecule is COc1cc(N2CCNCC2)ccc1Nc1ncc2c(n1)N(C1CCCC1)C(=O)[C@]1(CCNC1=O)C2. The van der Waals surface area contributed by atoms with Crippen LogP contribution in [0, 0.1) is 5.41 Å². The number of amides is 2. The Morgan fingerprint density at radius 3 is 2.67 bits per heavy atom. The van der Waals surface area contributed by atoms with Crippen molar-refractivity contribution in [1.29, 1.82) is 0 Å². The monoisotopic (exact) mass is 491 g/mol. The molecule has 1 saturated carbocycles. The lowest BCUT2D eigenvalue weighted by Crippen LogP contribution is -2.56. The van der Waals surface area contributed by atoms with E-state index >= 15 is 0 Å². The van der Waals surface area contributed by atoms with Gasteiger partial charge in [-0.3, -0.25) is 14.5 Å². The Hall–Kier alpha value is -3.40. The van der Waals surface area contributed by atoms with E-state index in [-0.39, 0.29) is 17.9 Å². The number of fused-ring (bicyclic) bond motifs is 1. The third kappa shape index (κ3) is 3.84. The number of nitrogens with one attached hydrogen (secondary N) is 3. The largest absolute Gasteiger partial charge is 0.494 e. The summed E-state index contributed by atoms with van der Waals surface area (Å²) in [5, 5.41) is 9.56. The zero-order valence-corrected chi connectivity index (χ0v) is 20.7. The molecule has 0 unspecified atom stereocenters. The lowest BCUT2D eigenvalue weighted by molar-refractivity contribution is -0.140. The molecule has 190 valence electrons. The molecule has 3 N–H and O–H groups in total. The first-order valence-corrected chi connectivity index (χ1v) is 13.0. The van der Waals surface area contributed by atoms with E-state index < -0.39 is 5.41 Å². The Morgan fingerprint density at radius 1 is 1.14 bits per heavy atom. The van der Waals surface area contributed by atoms with Crippen LogP contribution in [0.3, 0.4) is 0 Å². The first-order valence-electron chi connectivity index (χ1n) is 13.0. The second-order valence-corrected chi connectivity index (χ2v) is 10.2. The highest BCUT2D eigenvalue weighted by Crippen LogP contribution is 2.44. The maximum absolute atomic E-state index is 13.8. The van der Waals surface area contributed by atoms with Gasteiger partial charge in [0.25, 0.3) is 0 Å². The van der Waals surface area contributed by atoms with E-state index in [1.807, 2.05) is 17.0 Å². The molecule has 2 aromatic rings. The van der Waals surface area contributed by atoms with E-state index in [2.05, 4.69) is 31.9 Å². The summed E-state index contributed by atoms with van der Waals surface area (Å²) in [5.41, 5.74) is 1.70. The molecule has 1 atom stereocenters. The average Bonchev–Trinajstić information content (AvgIpc) is 3.56. The average molecular weight is 492 g/mol. The van der Waals surface area contributed by atoms with Crippen LogP contribution in [-0.4, -0.2) is 67.7 Å². The summed E-state index contributed by atoms with van der Waals surface area (Å²) in [4.78, 5) is 40.2. The van der Waals surface area contributed by atoms with Gasteiger partial charge in [-0.15, -0.1) is 0 Å². The van der Waals surface area contributed by atoms with Crippen LogP contribution < -0.4 is 30.5 Å². The van der Waals surface area contributed by atoms with Gasteiger partial charge in [-0.2, -0.15) is 4.98 Å². The number of carbonyl (C=O) groups excluding carboxylic acids is 2. The van der Waals surface area contributed by atoms with Crippen LogP contribution in [0.25, 0.3) is 0 Å². The van der Waals surface area contributed by atoms with E-state index in [1.165, 1.54) is 0 Å². The van der Waals surface area contributed by atoms with Crippen LogP contribution in [0.15, 0.2) is 24.4 Å². The number of hydrogen-bond donors (Lipinski definition) is 3. The number of anilines is 4. The summed E-state index contributed by atoms with van der Waals surface area (Å²) in [6.07, 6.45) is 6.65. The molecule has 3 aliphatic heterocycles. The van der Waals surface area contributed by atoms with Crippen molar-refractivity contribution in [2.24, 2.45) is 5.41 Å². The molecule has 0 radical (unpaired) electrons. The van der Waals surface area contributed by atoms with Crippen LogP contribution in [0.5, 0.6) is 5.75 Å². The van der Waals surface area contributed by atoms with Crippen molar-refractivity contribution < 1.29 is 14.3 Å². The lowest BCUT2D eigenvalue weighted by atomic mass is 9.76. The molecule has 0 bridgehead atoms. The van der Waals surface area contributed by atoms with Crippen LogP contribution in [-0.2, 0) is 16.0 Å². The number of nitrogens with zero attached hydrogens (tertiary/aromatic N) is 4. The molecule has 1 aromatic carbocycles. The standard InChI is InChI=1S/C26H33N7O3/c1-36-21-14-19(32-12-10-27-11-13-32)6-7-20(21)30-25-29-16-17-15-26(8-9-28-23(26)34)24(35)33(22(17)31-25)18-4-2-3-5-18/h6-7,14,16,18,27H,2-5,8-13,15H2,1H3,(H,28,34)(H,29,30,31)/t26-/m1/s1. The van der Waals surface area contributed by atoms with E-state index in [0.29, 0.717) is 36.9 Å². The number of piperazine rings is 1. The molecule has 1 aliphatic carbocycles. The van der Waals surface area contributed by atoms with Crippen molar-refractivity contribution in [3.8, 4) is 5.75 Å². The molecular formula is C26H33N7O3. The highest BCUT2D eigenvalue weighted by Gasteiger charge is 2.56. The van der Waals surface area contributed by atoms with Gasteiger partial charge in [0, 0.05) is 68.7 Å². The molecule has 1 spiro atoms. The predicted molar refractivity (Wildman–Crippen MR) is 137 cm³/mol. The topological polar surface area (TPSA) is 112 Å². The van der Waals surface area contributed by atoms with Crippen molar-refractivity contribution in [3.05, 3.63) is 30.0 Å². The fraction of sp³-hybridized carbons (Fsp3) is 0.538. The Labute approximate surface area is 210 Å². The fourth-order valence-corrected chi connectivity index (χ4v) is 6.09. The number of hydrogen-bond acceptors (Lipinski definition) is 8. The van der Waals surface area contributed by atoms with Crippen molar-refractivity contribution in [2.75, 3.05) is 55.0 Å². The van der Waals surface area contributed by atoms with E-state index in [0.717, 1.165) is 68.8 Å². The van der Waals surface area contributed by atoms with Crippen molar-refractivity contribution in [3.63, 3.8) is 0 Å². The summed E-state index contributed by atoms with van der Waals surface area (Å²) in [6.45, 7) is 4.36. The first kappa shape index (κ1) is 23.0. The second-order valence-electron chi connectivity index (χ2n) is 10.2. The molecule has 2 saturated heterocycles. The summed E-state index contributed by atoms with van der Waals surface area (Å²) in [7, 11) is 1.66. The smallest absolute Gasteiger partial charge is 0.244 e. The van der Waals surface area contributed by atoms with Gasteiger partial charge >= 0.3 is 0 Å². The van der Waals surface area contributed by atoms with E-state index in [1.54, 1.807) is 13.3 Å². The molecule has 10 heteroatoms. The van der Waals surface area contributed by atoms with Crippen molar-refractivity contribution >= 4 is 35.0 Å². The Balaban J connectivity index is 1.32. The van der Waals surface area contributed by atoms with Gasteiger partial charge in [-0.25, -0.2) is 4.98 Å². The van der Waals surface area contributed by atoms with Crippen LogP contribution >= 0.6 is 0 Å². The third-order valence-corrected chi connectivity index (χ3v) is 8.07. The molecule has 10 nitrogen and oxygen atoms in total. The molecule has 3 fully saturated rings. The zero-order valence-electron chi connectivity index (χ0n) is 20.7. The lowest BCUT2D eigenvalue weighted by Gasteiger charge is -2.40. The summed E-state index contributed by atoms with van der Waals surface area (Å²) < 4.78 is 5.69. The minimum Gasteiger partial charge on any atom is -0.494 e. The first-order chi connectivity index (χ1) is 17.6. The predicted octanol–water partition coefficient (Wildman–Crippen LogP) is 1.98. The third-order valence-electron chi connectivity index (χ3n) is 8.07. The van der Waals surface area contributed by atoms with E-state index in [4.69, 9.17) is 9.72 Å². The minimum absolute atomic E-state index is 0.0671. The van der Waals surface area contributed by atoms with Gasteiger partial charge in [-0.1, -0.05) is 12.8 Å². The molecule has 6 rings (SSSR count). The highest BCUT2D eigenvalue weighted by atomic mass is 16.5. The molecule has 36 heavy (non-hydrogen) atoms. The second kappa shape index (κ2) is 9.24. The normalized spacial score (nSPS) is 24.2. The van der Waals surface area contributed by atoms with Crippen LogP contribution in [0.2, 0.25) is 0 Å². The minimum atomic E-state index is -1.03. The number of rotatable bonds is 5. The number of aromatic nitrogens is 2. The van der Waals surface area contributed by atoms with Crippen molar-refractivity contribution in [2.45, 2.75) is 44.6 Å². The van der Waals surface area contributed by atoms with Gasteiger partial charge in [-0.05, 0) is 31.4 Å². The van der Waals surface area contributed by atoms with Gasteiger partial charge < -0.3 is 25.6 Å². The molecule has 4 aliphatic rings. The van der Waals surface area contributed by atoms with Crippen LogP contribution in [0.1, 0.15) is 37.7 Å². The fourth-order valence-electron chi connectivity index (χ4n) is 6.09. The molecular weight excluding hydrogens is 458 g/mol. The van der Waals surface area contributed by atoms with E-state index in [9.17, 15) is 9.59 Å². The summed E-state index contributed by atoms with van der Waals surface area (Å²) in [6, 6.07) is 6.16. The Morgan fingerprint density at radius 2 is 1.94 bits per heavy atom. The van der Waals surface area contributed by atoms with Gasteiger partial charge in [0.05, 0.1) is 12.8 Å².